The summed E-state index contributed by atoms with van der Waals surface area (Å²) >= 11 is 0. The first-order chi connectivity index (χ1) is 6.43. The lowest BCUT2D eigenvalue weighted by molar-refractivity contribution is -0.139. The van der Waals surface area contributed by atoms with Gasteiger partial charge < -0.3 is 21.3 Å². The van der Waals surface area contributed by atoms with Crippen molar-refractivity contribution in [3.8, 4) is 0 Å². The maximum absolute atomic E-state index is 11.1. The minimum absolute atomic E-state index is 0.295. The minimum atomic E-state index is -1.11. The van der Waals surface area contributed by atoms with Gasteiger partial charge in [0.15, 0.2) is 0 Å². The summed E-state index contributed by atoms with van der Waals surface area (Å²) in [4.78, 5) is 21.3. The van der Waals surface area contributed by atoms with Crippen LogP contribution in [0.2, 0.25) is 0 Å². The van der Waals surface area contributed by atoms with Gasteiger partial charge >= 0.3 is 5.97 Å². The summed E-state index contributed by atoms with van der Waals surface area (Å²) in [5.41, 5.74) is 5.28. The summed E-state index contributed by atoms with van der Waals surface area (Å²) in [5, 5.41) is 19.7. The van der Waals surface area contributed by atoms with Gasteiger partial charge in [-0.25, -0.2) is 0 Å². The van der Waals surface area contributed by atoms with Gasteiger partial charge in [0, 0.05) is 6.54 Å². The predicted molar refractivity (Wildman–Crippen MR) is 49.5 cm³/mol. The molecule has 2 atom stereocenters. The maximum atomic E-state index is 11.1. The van der Waals surface area contributed by atoms with Gasteiger partial charge in [-0.15, -0.1) is 0 Å². The molecule has 5 N–H and O–H groups in total. The third kappa shape index (κ3) is 6.38. The van der Waals surface area contributed by atoms with Crippen molar-refractivity contribution in [1.29, 1.82) is 0 Å². The first kappa shape index (κ1) is 12.9. The lowest BCUT2D eigenvalue weighted by atomic mass is 10.2. The van der Waals surface area contributed by atoms with Crippen LogP contribution < -0.4 is 11.1 Å². The van der Waals surface area contributed by atoms with Crippen LogP contribution >= 0.6 is 0 Å². The van der Waals surface area contributed by atoms with Gasteiger partial charge in [0.05, 0.1) is 18.6 Å². The Balaban J connectivity index is 3.67. The molecule has 0 aromatic heterocycles. The van der Waals surface area contributed by atoms with Gasteiger partial charge in [0.25, 0.3) is 0 Å². The number of hydrogen-bond donors (Lipinski definition) is 4. The van der Waals surface area contributed by atoms with E-state index < -0.39 is 24.0 Å². The van der Waals surface area contributed by atoms with E-state index in [0.717, 1.165) is 0 Å². The molecule has 0 fully saturated rings. The average Bonchev–Trinajstić information content (AvgIpc) is 2.01. The number of aliphatic hydroxyl groups excluding tert-OH is 1. The van der Waals surface area contributed by atoms with Crippen molar-refractivity contribution in [2.24, 2.45) is 5.73 Å². The Hall–Kier alpha value is -1.14. The zero-order chi connectivity index (χ0) is 11.1. The Morgan fingerprint density at radius 1 is 1.50 bits per heavy atom. The molecule has 0 aliphatic heterocycles. The van der Waals surface area contributed by atoms with E-state index in [-0.39, 0.29) is 6.42 Å². The third-order valence-corrected chi connectivity index (χ3v) is 1.59. The highest BCUT2D eigenvalue weighted by Crippen LogP contribution is 1.90. The van der Waals surface area contributed by atoms with E-state index in [1.165, 1.54) is 0 Å². The van der Waals surface area contributed by atoms with Crippen molar-refractivity contribution in [3.63, 3.8) is 0 Å². The number of aliphatic hydroxyl groups is 1. The molecule has 0 bridgehead atoms. The van der Waals surface area contributed by atoms with Crippen molar-refractivity contribution in [1.82, 2.24) is 5.32 Å². The molecule has 0 aromatic rings. The van der Waals surface area contributed by atoms with Crippen LogP contribution in [0.4, 0.5) is 0 Å². The second kappa shape index (κ2) is 6.33. The van der Waals surface area contributed by atoms with Crippen molar-refractivity contribution in [2.45, 2.75) is 31.9 Å². The topological polar surface area (TPSA) is 113 Å². The van der Waals surface area contributed by atoms with Crippen LogP contribution in [0.25, 0.3) is 0 Å². The molecule has 2 unspecified atom stereocenters. The Kier molecular flexibility index (Phi) is 5.82. The number of nitrogens with one attached hydrogen (secondary N) is 1. The molecule has 0 radical (unpaired) electrons. The number of hydrogen-bond acceptors (Lipinski definition) is 4. The molecule has 0 heterocycles. The van der Waals surface area contributed by atoms with E-state index in [4.69, 9.17) is 15.9 Å². The van der Waals surface area contributed by atoms with E-state index in [1.54, 1.807) is 6.92 Å². The molecule has 0 aliphatic rings. The van der Waals surface area contributed by atoms with Gasteiger partial charge in [-0.05, 0) is 13.3 Å². The van der Waals surface area contributed by atoms with E-state index >= 15 is 0 Å². The van der Waals surface area contributed by atoms with Crippen molar-refractivity contribution < 1.29 is 19.8 Å². The zero-order valence-electron chi connectivity index (χ0n) is 8.06. The summed E-state index contributed by atoms with van der Waals surface area (Å²) < 4.78 is 0. The summed E-state index contributed by atoms with van der Waals surface area (Å²) in [6.45, 7) is 1.90. The van der Waals surface area contributed by atoms with Crippen molar-refractivity contribution in [3.05, 3.63) is 0 Å². The van der Waals surface area contributed by atoms with Crippen LogP contribution in [0.15, 0.2) is 0 Å². The molecule has 0 aliphatic carbocycles. The number of carboxylic acids is 1. The molecule has 0 aromatic carbocycles. The molecule has 14 heavy (non-hydrogen) atoms. The molecule has 0 saturated heterocycles. The molecule has 0 saturated carbocycles. The molecular weight excluding hydrogens is 188 g/mol. The van der Waals surface area contributed by atoms with Crippen molar-refractivity contribution >= 4 is 11.9 Å². The second-order valence-electron chi connectivity index (χ2n) is 3.13. The minimum Gasteiger partial charge on any atom is -0.481 e. The van der Waals surface area contributed by atoms with E-state index in [9.17, 15) is 9.59 Å². The molecular formula is C8H16N2O4. The Morgan fingerprint density at radius 2 is 2.07 bits per heavy atom. The van der Waals surface area contributed by atoms with E-state index in [1.807, 2.05) is 0 Å². The lowest BCUT2D eigenvalue weighted by Crippen LogP contribution is -2.42. The van der Waals surface area contributed by atoms with Crippen LogP contribution in [0.3, 0.4) is 0 Å². The first-order valence-electron chi connectivity index (χ1n) is 4.36. The number of aliphatic carboxylic acids is 1. The van der Waals surface area contributed by atoms with Crippen molar-refractivity contribution in [2.75, 3.05) is 6.54 Å². The summed E-state index contributed by atoms with van der Waals surface area (Å²) in [6.07, 6.45) is -0.461. The van der Waals surface area contributed by atoms with Crippen LogP contribution in [0.1, 0.15) is 19.8 Å². The fourth-order valence-electron chi connectivity index (χ4n) is 0.816. The van der Waals surface area contributed by atoms with E-state index in [2.05, 4.69) is 5.32 Å². The molecule has 82 valence electrons. The smallest absolute Gasteiger partial charge is 0.305 e. The lowest BCUT2D eigenvalue weighted by Gasteiger charge is -2.10. The first-order valence-corrected chi connectivity index (χ1v) is 4.36. The second-order valence-corrected chi connectivity index (χ2v) is 3.13. The van der Waals surface area contributed by atoms with Gasteiger partial charge in [-0.1, -0.05) is 0 Å². The average molecular weight is 204 g/mol. The highest BCUT2D eigenvalue weighted by atomic mass is 16.4. The number of carboxylic acid groups (broad SMARTS) is 1. The fourth-order valence-corrected chi connectivity index (χ4v) is 0.816. The summed E-state index contributed by atoms with van der Waals surface area (Å²) in [5.74, 6) is -1.61. The zero-order valence-corrected chi connectivity index (χ0v) is 8.06. The summed E-state index contributed by atoms with van der Waals surface area (Å²) in [6, 6.07) is -1.03. The van der Waals surface area contributed by atoms with Crippen LogP contribution in [0, 0.1) is 0 Å². The standard InChI is InChI=1S/C8H16N2O4/c1-5(11)2-3-10-8(14)6(9)4-7(12)13/h5-6,11H,2-4,9H2,1H3,(H,10,14)(H,12,13). The monoisotopic (exact) mass is 204 g/mol. The SMILES string of the molecule is CC(O)CCNC(=O)C(N)CC(=O)O. The molecule has 0 spiro atoms. The van der Waals surface area contributed by atoms with Gasteiger partial charge in [-0.2, -0.15) is 0 Å². The highest BCUT2D eigenvalue weighted by molar-refractivity contribution is 5.85. The number of amides is 1. The Bertz CT molecular complexity index is 206. The molecule has 1 amide bonds. The third-order valence-electron chi connectivity index (χ3n) is 1.59. The molecule has 6 nitrogen and oxygen atoms in total. The van der Waals surface area contributed by atoms with Crippen LogP contribution in [-0.2, 0) is 9.59 Å². The fraction of sp³-hybridized carbons (Fsp3) is 0.750. The molecule has 6 heteroatoms. The predicted octanol–water partition coefficient (Wildman–Crippen LogP) is -1.32. The van der Waals surface area contributed by atoms with E-state index in [0.29, 0.717) is 13.0 Å². The number of nitrogens with two attached hydrogens (primary N) is 1. The van der Waals surface area contributed by atoms with Gasteiger partial charge in [0.2, 0.25) is 5.91 Å². The Labute approximate surface area is 82.1 Å². The summed E-state index contributed by atoms with van der Waals surface area (Å²) in [7, 11) is 0. The van der Waals surface area contributed by atoms with Gasteiger partial charge in [-0.3, -0.25) is 9.59 Å². The highest BCUT2D eigenvalue weighted by Gasteiger charge is 2.16. The van der Waals surface area contributed by atoms with Gasteiger partial charge in [0.1, 0.15) is 0 Å². The number of carbonyl (C=O) groups is 2. The van der Waals surface area contributed by atoms with Crippen LogP contribution in [0.5, 0.6) is 0 Å². The maximum Gasteiger partial charge on any atom is 0.305 e. The number of carbonyl (C=O) groups excluding carboxylic acids is 1. The Morgan fingerprint density at radius 3 is 2.50 bits per heavy atom. The quantitative estimate of drug-likeness (QED) is 0.428. The van der Waals surface area contributed by atoms with Crippen LogP contribution in [-0.4, -0.2) is 40.8 Å². The largest absolute Gasteiger partial charge is 0.481 e. The molecule has 0 rings (SSSR count). The number of rotatable bonds is 6. The normalized spacial score (nSPS) is 14.5.